The van der Waals surface area contributed by atoms with Gasteiger partial charge in [-0.2, -0.15) is 13.2 Å². The maximum atomic E-state index is 13.0. The molecule has 1 aliphatic carbocycles. The molecule has 0 saturated heterocycles. The molecule has 0 amide bonds. The maximum absolute atomic E-state index is 13.0. The molecule has 1 aliphatic rings. The predicted octanol–water partition coefficient (Wildman–Crippen LogP) is 4.06. The van der Waals surface area contributed by atoms with Crippen LogP contribution in [0.25, 0.3) is 10.9 Å². The van der Waals surface area contributed by atoms with Crippen LogP contribution in [0.1, 0.15) is 30.5 Å². The van der Waals surface area contributed by atoms with E-state index in [1.54, 1.807) is 18.2 Å². The first-order valence-electron chi connectivity index (χ1n) is 6.86. The number of hydrogen-bond acceptors (Lipinski definition) is 6. The fourth-order valence-corrected chi connectivity index (χ4v) is 2.88. The van der Waals surface area contributed by atoms with Crippen molar-refractivity contribution in [2.24, 2.45) is 0 Å². The first-order chi connectivity index (χ1) is 11.0. The van der Waals surface area contributed by atoms with Gasteiger partial charge in [0.15, 0.2) is 0 Å². The quantitative estimate of drug-likeness (QED) is 0.671. The van der Waals surface area contributed by atoms with Crippen LogP contribution in [0.3, 0.4) is 0 Å². The molecular weight excluding hydrogens is 329 g/mol. The molecule has 2 aromatic heterocycles. The van der Waals surface area contributed by atoms with Crippen molar-refractivity contribution in [1.29, 1.82) is 0 Å². The van der Waals surface area contributed by atoms with Gasteiger partial charge in [-0.15, -0.1) is 10.2 Å². The molecular formula is C14H9F3N4OS. The normalized spacial score (nSPS) is 15.3. The summed E-state index contributed by atoms with van der Waals surface area (Å²) in [5.41, 5.74) is 0.222. The second-order valence-electron chi connectivity index (χ2n) is 5.15. The summed E-state index contributed by atoms with van der Waals surface area (Å²) < 4.78 is 44.4. The average molecular weight is 338 g/mol. The Balaban J connectivity index is 1.77. The minimum absolute atomic E-state index is 0.147. The van der Waals surface area contributed by atoms with Crippen LogP contribution in [0.5, 0.6) is 0 Å². The number of aromatic nitrogens is 4. The summed E-state index contributed by atoms with van der Waals surface area (Å²) in [6.45, 7) is 0. The summed E-state index contributed by atoms with van der Waals surface area (Å²) in [5, 5.41) is 8.64. The molecule has 0 radical (unpaired) electrons. The molecule has 0 bridgehead atoms. The van der Waals surface area contributed by atoms with Gasteiger partial charge < -0.3 is 4.42 Å². The van der Waals surface area contributed by atoms with Gasteiger partial charge >= 0.3 is 6.18 Å². The largest absolute Gasteiger partial charge is 0.451 e. The Bertz CT molecular complexity index is 876. The Labute approximate surface area is 132 Å². The fraction of sp³-hybridized carbons (Fsp3) is 0.286. The molecule has 118 valence electrons. The molecule has 2 heterocycles. The van der Waals surface area contributed by atoms with Crippen molar-refractivity contribution in [3.05, 3.63) is 36.0 Å². The van der Waals surface area contributed by atoms with E-state index in [0.717, 1.165) is 24.6 Å². The highest BCUT2D eigenvalue weighted by Crippen LogP contribution is 2.41. The number of hydrogen-bond donors (Lipinski definition) is 0. The van der Waals surface area contributed by atoms with E-state index in [0.29, 0.717) is 11.3 Å². The summed E-state index contributed by atoms with van der Waals surface area (Å²) in [6.07, 6.45) is -2.62. The van der Waals surface area contributed by atoms with Gasteiger partial charge in [-0.05, 0) is 30.7 Å². The number of fused-ring (bicyclic) bond motifs is 1. The molecule has 1 fully saturated rings. The van der Waals surface area contributed by atoms with Crippen molar-refractivity contribution in [1.82, 2.24) is 20.2 Å². The van der Waals surface area contributed by atoms with Gasteiger partial charge in [0.25, 0.3) is 5.22 Å². The van der Waals surface area contributed by atoms with Crippen molar-refractivity contribution >= 4 is 22.7 Å². The van der Waals surface area contributed by atoms with Gasteiger partial charge in [-0.25, -0.2) is 9.97 Å². The number of halogens is 3. The zero-order valence-corrected chi connectivity index (χ0v) is 12.4. The van der Waals surface area contributed by atoms with Crippen LogP contribution in [0.4, 0.5) is 13.2 Å². The molecule has 0 atom stereocenters. The van der Waals surface area contributed by atoms with E-state index in [4.69, 9.17) is 4.42 Å². The molecule has 23 heavy (non-hydrogen) atoms. The molecule has 5 nitrogen and oxygen atoms in total. The lowest BCUT2D eigenvalue weighted by Gasteiger charge is -2.08. The van der Waals surface area contributed by atoms with E-state index in [1.807, 2.05) is 0 Å². The zero-order valence-electron chi connectivity index (χ0n) is 11.5. The van der Waals surface area contributed by atoms with Crippen molar-refractivity contribution in [3.63, 3.8) is 0 Å². The molecule has 4 rings (SSSR count). The summed E-state index contributed by atoms with van der Waals surface area (Å²) in [6, 6.07) is 6.52. The molecule has 0 spiro atoms. The zero-order chi connectivity index (χ0) is 16.0. The Kier molecular flexibility index (Phi) is 3.26. The van der Waals surface area contributed by atoms with E-state index in [1.165, 1.54) is 6.07 Å². The molecule has 9 heteroatoms. The summed E-state index contributed by atoms with van der Waals surface area (Å²) in [5.74, 6) is -0.368. The topological polar surface area (TPSA) is 64.7 Å². The fourth-order valence-electron chi connectivity index (χ4n) is 2.09. The Morgan fingerprint density at radius 1 is 1.09 bits per heavy atom. The lowest BCUT2D eigenvalue weighted by atomic mass is 10.2. The average Bonchev–Trinajstić information content (AvgIpc) is 3.26. The van der Waals surface area contributed by atoms with Crippen molar-refractivity contribution < 1.29 is 17.6 Å². The molecule has 3 aromatic rings. The number of rotatable bonds is 3. The highest BCUT2D eigenvalue weighted by atomic mass is 32.2. The van der Waals surface area contributed by atoms with Crippen LogP contribution in [0, 0.1) is 0 Å². The SMILES string of the molecule is FC(F)(F)c1nc(Sc2nnc(C3CC3)o2)c2ccccc2n1. The van der Waals surface area contributed by atoms with E-state index in [2.05, 4.69) is 20.2 Å². The van der Waals surface area contributed by atoms with E-state index < -0.39 is 12.0 Å². The third kappa shape index (κ3) is 2.88. The third-order valence-electron chi connectivity index (χ3n) is 3.35. The standard InChI is InChI=1S/C14H9F3N4OS/c15-14(16,17)12-18-9-4-2-1-3-8(9)11(19-12)23-13-21-20-10(22-13)7-5-6-7/h1-4,7H,5-6H2. The third-order valence-corrected chi connectivity index (χ3v) is 4.20. The van der Waals surface area contributed by atoms with Gasteiger partial charge in [0.05, 0.1) is 5.52 Å². The van der Waals surface area contributed by atoms with Gasteiger partial charge in [0, 0.05) is 11.3 Å². The smallest absolute Gasteiger partial charge is 0.415 e. The summed E-state index contributed by atoms with van der Waals surface area (Å²) in [4.78, 5) is 7.21. The highest BCUT2D eigenvalue weighted by molar-refractivity contribution is 7.99. The molecule has 0 N–H and O–H groups in total. The van der Waals surface area contributed by atoms with Crippen LogP contribution in [0.2, 0.25) is 0 Å². The van der Waals surface area contributed by atoms with Crippen molar-refractivity contribution in [2.45, 2.75) is 35.2 Å². The monoisotopic (exact) mass is 338 g/mol. The van der Waals surface area contributed by atoms with Gasteiger partial charge in [-0.1, -0.05) is 18.2 Å². The lowest BCUT2D eigenvalue weighted by Crippen LogP contribution is -2.11. The Morgan fingerprint density at radius 3 is 2.61 bits per heavy atom. The lowest BCUT2D eigenvalue weighted by molar-refractivity contribution is -0.145. The van der Waals surface area contributed by atoms with Crippen LogP contribution in [0.15, 0.2) is 38.9 Å². The van der Waals surface area contributed by atoms with Gasteiger partial charge in [0.1, 0.15) is 5.03 Å². The molecule has 0 aliphatic heterocycles. The first-order valence-corrected chi connectivity index (χ1v) is 7.67. The number of nitrogens with zero attached hydrogens (tertiary/aromatic N) is 4. The second-order valence-corrected chi connectivity index (χ2v) is 6.09. The van der Waals surface area contributed by atoms with Crippen LogP contribution in [-0.4, -0.2) is 20.2 Å². The number of para-hydroxylation sites is 1. The molecule has 1 saturated carbocycles. The summed E-state index contributed by atoms with van der Waals surface area (Å²) in [7, 11) is 0. The van der Waals surface area contributed by atoms with E-state index in [9.17, 15) is 13.2 Å². The van der Waals surface area contributed by atoms with Crippen LogP contribution < -0.4 is 0 Å². The molecule has 0 unspecified atom stereocenters. The van der Waals surface area contributed by atoms with Crippen LogP contribution in [-0.2, 0) is 6.18 Å². The second kappa shape index (κ2) is 5.19. The van der Waals surface area contributed by atoms with Crippen LogP contribution >= 0.6 is 11.8 Å². The summed E-state index contributed by atoms with van der Waals surface area (Å²) >= 11 is 0.922. The number of alkyl halides is 3. The minimum Gasteiger partial charge on any atom is -0.415 e. The first kappa shape index (κ1) is 14.4. The Hall–Kier alpha value is -2.16. The van der Waals surface area contributed by atoms with Crippen molar-refractivity contribution in [2.75, 3.05) is 0 Å². The number of benzene rings is 1. The van der Waals surface area contributed by atoms with E-state index >= 15 is 0 Å². The highest BCUT2D eigenvalue weighted by Gasteiger charge is 2.36. The minimum atomic E-state index is -4.62. The molecule has 1 aromatic carbocycles. The van der Waals surface area contributed by atoms with Crippen molar-refractivity contribution in [3.8, 4) is 0 Å². The van der Waals surface area contributed by atoms with Gasteiger partial charge in [-0.3, -0.25) is 0 Å². The van der Waals surface area contributed by atoms with E-state index in [-0.39, 0.29) is 21.7 Å². The Morgan fingerprint density at radius 2 is 1.87 bits per heavy atom. The maximum Gasteiger partial charge on any atom is 0.451 e. The predicted molar refractivity (Wildman–Crippen MR) is 74.9 cm³/mol. The van der Waals surface area contributed by atoms with Gasteiger partial charge in [0.2, 0.25) is 11.7 Å².